The molecule has 0 aliphatic rings. The summed E-state index contributed by atoms with van der Waals surface area (Å²) in [5, 5.41) is 5.19. The largest absolute Gasteiger partial charge is 0.419 e. The molecule has 0 aliphatic heterocycles. The second kappa shape index (κ2) is 4.95. The summed E-state index contributed by atoms with van der Waals surface area (Å²) in [6, 6.07) is 5.35. The molecule has 0 fully saturated rings. The Morgan fingerprint density at radius 2 is 2.22 bits per heavy atom. The number of amides is 2. The summed E-state index contributed by atoms with van der Waals surface area (Å²) >= 11 is 0. The first kappa shape index (κ1) is 12.2. The first-order valence-electron chi connectivity index (χ1n) is 5.66. The van der Waals surface area contributed by atoms with Crippen LogP contribution in [0.3, 0.4) is 0 Å². The topological polar surface area (TPSA) is 76.3 Å². The molecule has 2 N–H and O–H groups in total. The van der Waals surface area contributed by atoms with Crippen molar-refractivity contribution in [3.05, 3.63) is 34.3 Å². The Bertz CT molecular complexity index is 627. The van der Waals surface area contributed by atoms with E-state index in [0.29, 0.717) is 18.5 Å². The first-order valence-corrected chi connectivity index (χ1v) is 5.66. The van der Waals surface area contributed by atoms with Crippen molar-refractivity contribution in [2.24, 2.45) is 7.05 Å². The number of benzene rings is 1. The predicted molar refractivity (Wildman–Crippen MR) is 67.6 cm³/mol. The molecule has 2 amide bonds. The van der Waals surface area contributed by atoms with Crippen LogP contribution in [0.2, 0.25) is 0 Å². The Balaban J connectivity index is 2.12. The molecule has 1 aromatic carbocycles. The van der Waals surface area contributed by atoms with Crippen molar-refractivity contribution in [1.29, 1.82) is 0 Å². The van der Waals surface area contributed by atoms with Gasteiger partial charge in [-0.3, -0.25) is 4.57 Å². The third-order valence-electron chi connectivity index (χ3n) is 2.78. The number of aryl methyl sites for hydroxylation is 1. The quantitative estimate of drug-likeness (QED) is 0.836. The van der Waals surface area contributed by atoms with Gasteiger partial charge in [-0.25, -0.2) is 9.59 Å². The number of urea groups is 1. The van der Waals surface area contributed by atoms with Crippen LogP contribution in [0.4, 0.5) is 4.79 Å². The highest BCUT2D eigenvalue weighted by Gasteiger charge is 2.06. The minimum atomic E-state index is -0.370. The number of carbonyl (C=O) groups excluding carboxylic acids is 1. The van der Waals surface area contributed by atoms with E-state index in [1.54, 1.807) is 20.2 Å². The molecule has 0 aliphatic carbocycles. The van der Waals surface area contributed by atoms with Crippen LogP contribution in [0, 0.1) is 0 Å². The number of hydrogen-bond acceptors (Lipinski definition) is 3. The maximum absolute atomic E-state index is 11.3. The number of carbonyl (C=O) groups is 1. The summed E-state index contributed by atoms with van der Waals surface area (Å²) in [5.74, 6) is -0.370. The lowest BCUT2D eigenvalue weighted by Gasteiger charge is -2.04. The van der Waals surface area contributed by atoms with E-state index >= 15 is 0 Å². The fourth-order valence-electron chi connectivity index (χ4n) is 1.74. The van der Waals surface area contributed by atoms with Gasteiger partial charge >= 0.3 is 11.8 Å². The second-order valence-corrected chi connectivity index (χ2v) is 3.98. The molecule has 0 saturated carbocycles. The zero-order valence-corrected chi connectivity index (χ0v) is 10.3. The number of nitrogens with one attached hydrogen (secondary N) is 2. The number of fused-ring (bicyclic) bond motifs is 1. The van der Waals surface area contributed by atoms with Crippen LogP contribution < -0.4 is 16.4 Å². The number of nitrogens with zero attached hydrogens (tertiary/aromatic N) is 1. The van der Waals surface area contributed by atoms with Crippen molar-refractivity contribution in [3.63, 3.8) is 0 Å². The number of aromatic nitrogens is 1. The van der Waals surface area contributed by atoms with Crippen molar-refractivity contribution in [3.8, 4) is 0 Å². The van der Waals surface area contributed by atoms with E-state index in [9.17, 15) is 9.59 Å². The lowest BCUT2D eigenvalue weighted by Crippen LogP contribution is -2.33. The van der Waals surface area contributed by atoms with Crippen LogP contribution in [0.25, 0.3) is 11.1 Å². The van der Waals surface area contributed by atoms with Crippen LogP contribution >= 0.6 is 0 Å². The average Bonchev–Trinajstić information content (AvgIpc) is 2.65. The van der Waals surface area contributed by atoms with E-state index in [1.165, 1.54) is 4.57 Å². The van der Waals surface area contributed by atoms with E-state index in [-0.39, 0.29) is 11.8 Å². The summed E-state index contributed by atoms with van der Waals surface area (Å²) in [4.78, 5) is 22.3. The summed E-state index contributed by atoms with van der Waals surface area (Å²) in [6.45, 7) is 0.539. The van der Waals surface area contributed by atoms with Crippen molar-refractivity contribution < 1.29 is 9.21 Å². The van der Waals surface area contributed by atoms with Crippen molar-refractivity contribution in [2.75, 3.05) is 13.6 Å². The molecule has 0 radical (unpaired) electrons. The molecule has 96 valence electrons. The highest BCUT2D eigenvalue weighted by atomic mass is 16.4. The van der Waals surface area contributed by atoms with E-state index < -0.39 is 0 Å². The van der Waals surface area contributed by atoms with E-state index in [4.69, 9.17) is 4.42 Å². The van der Waals surface area contributed by atoms with Crippen molar-refractivity contribution in [2.45, 2.75) is 6.42 Å². The zero-order chi connectivity index (χ0) is 13.1. The Morgan fingerprint density at radius 3 is 2.94 bits per heavy atom. The minimum absolute atomic E-state index is 0.202. The molecule has 0 unspecified atom stereocenters. The molecule has 1 heterocycles. The Kier molecular flexibility index (Phi) is 3.36. The highest BCUT2D eigenvalue weighted by Crippen LogP contribution is 2.14. The smallest absolute Gasteiger partial charge is 0.408 e. The van der Waals surface area contributed by atoms with Gasteiger partial charge in [-0.15, -0.1) is 0 Å². The van der Waals surface area contributed by atoms with Gasteiger partial charge in [0.15, 0.2) is 5.58 Å². The van der Waals surface area contributed by atoms with Gasteiger partial charge in [0.25, 0.3) is 0 Å². The molecular weight excluding hydrogens is 234 g/mol. The molecular formula is C12H15N3O3. The van der Waals surface area contributed by atoms with Gasteiger partial charge in [-0.2, -0.15) is 0 Å². The maximum Gasteiger partial charge on any atom is 0.419 e. The Hall–Kier alpha value is -2.24. The highest BCUT2D eigenvalue weighted by molar-refractivity contribution is 5.74. The molecule has 0 spiro atoms. The summed E-state index contributed by atoms with van der Waals surface area (Å²) in [6.07, 6.45) is 0.697. The van der Waals surface area contributed by atoms with Gasteiger partial charge in [0.2, 0.25) is 0 Å². The average molecular weight is 249 g/mol. The number of oxazole rings is 1. The molecule has 6 heteroatoms. The van der Waals surface area contributed by atoms with Crippen LogP contribution in [-0.4, -0.2) is 24.2 Å². The van der Waals surface area contributed by atoms with E-state index in [2.05, 4.69) is 10.6 Å². The second-order valence-electron chi connectivity index (χ2n) is 3.98. The monoisotopic (exact) mass is 249 g/mol. The molecule has 0 atom stereocenters. The van der Waals surface area contributed by atoms with Gasteiger partial charge in [-0.1, -0.05) is 6.07 Å². The zero-order valence-electron chi connectivity index (χ0n) is 10.3. The molecule has 2 rings (SSSR count). The maximum atomic E-state index is 11.3. The van der Waals surface area contributed by atoms with Gasteiger partial charge < -0.3 is 15.1 Å². The molecule has 18 heavy (non-hydrogen) atoms. The normalized spacial score (nSPS) is 10.6. The molecule has 0 bridgehead atoms. The standard InChI is InChI=1S/C12H15N3O3/c1-13-11(16)14-6-5-8-3-4-10-9(7-8)15(2)12(17)18-10/h3-4,7H,5-6H2,1-2H3,(H2,13,14,16). The van der Waals surface area contributed by atoms with Gasteiger partial charge in [0.1, 0.15) is 0 Å². The van der Waals surface area contributed by atoms with Crippen molar-refractivity contribution >= 4 is 17.1 Å². The summed E-state index contributed by atoms with van der Waals surface area (Å²) < 4.78 is 6.50. The van der Waals surface area contributed by atoms with Gasteiger partial charge in [0, 0.05) is 20.6 Å². The Morgan fingerprint density at radius 1 is 1.44 bits per heavy atom. The minimum Gasteiger partial charge on any atom is -0.408 e. The summed E-state index contributed by atoms with van der Waals surface area (Å²) in [5.41, 5.74) is 2.37. The van der Waals surface area contributed by atoms with E-state index in [0.717, 1.165) is 11.1 Å². The van der Waals surface area contributed by atoms with Gasteiger partial charge in [-0.05, 0) is 24.1 Å². The van der Waals surface area contributed by atoms with Crippen LogP contribution in [-0.2, 0) is 13.5 Å². The fraction of sp³-hybridized carbons (Fsp3) is 0.333. The first-order chi connectivity index (χ1) is 8.61. The SMILES string of the molecule is CNC(=O)NCCc1ccc2oc(=O)n(C)c2c1. The van der Waals surface area contributed by atoms with E-state index in [1.807, 2.05) is 12.1 Å². The predicted octanol–water partition coefficient (Wildman–Crippen LogP) is 0.603. The van der Waals surface area contributed by atoms with Crippen LogP contribution in [0.1, 0.15) is 5.56 Å². The van der Waals surface area contributed by atoms with Crippen LogP contribution in [0.5, 0.6) is 0 Å². The fourth-order valence-corrected chi connectivity index (χ4v) is 1.74. The molecule has 2 aromatic rings. The molecule has 0 saturated heterocycles. The molecule has 6 nitrogen and oxygen atoms in total. The number of hydrogen-bond donors (Lipinski definition) is 2. The lowest BCUT2D eigenvalue weighted by atomic mass is 10.1. The summed E-state index contributed by atoms with van der Waals surface area (Å²) in [7, 11) is 3.24. The number of rotatable bonds is 3. The third-order valence-corrected chi connectivity index (χ3v) is 2.78. The third kappa shape index (κ3) is 2.37. The Labute approximate surface area is 104 Å². The van der Waals surface area contributed by atoms with Gasteiger partial charge in [0.05, 0.1) is 5.52 Å². The molecule has 1 aromatic heterocycles. The van der Waals surface area contributed by atoms with Crippen LogP contribution in [0.15, 0.2) is 27.4 Å². The lowest BCUT2D eigenvalue weighted by molar-refractivity contribution is 0.243. The van der Waals surface area contributed by atoms with Crippen molar-refractivity contribution in [1.82, 2.24) is 15.2 Å².